The van der Waals surface area contributed by atoms with Crippen LogP contribution < -0.4 is 15.4 Å². The zero-order valence-corrected chi connectivity index (χ0v) is 10.7. The lowest BCUT2D eigenvalue weighted by atomic mass is 10.3. The molecule has 0 unspecified atom stereocenters. The summed E-state index contributed by atoms with van der Waals surface area (Å²) in [5.41, 5.74) is -0.467. The van der Waals surface area contributed by atoms with E-state index in [1.807, 2.05) is 0 Å². The highest BCUT2D eigenvalue weighted by molar-refractivity contribution is 5.89. The Kier molecular flexibility index (Phi) is 4.65. The van der Waals surface area contributed by atoms with Gasteiger partial charge in [0.1, 0.15) is 5.75 Å². The van der Waals surface area contributed by atoms with Gasteiger partial charge in [0, 0.05) is 0 Å². The van der Waals surface area contributed by atoms with Crippen LogP contribution in [0.5, 0.6) is 5.75 Å². The van der Waals surface area contributed by atoms with Crippen molar-refractivity contribution in [1.82, 2.24) is 5.32 Å². The fraction of sp³-hybridized carbons (Fsp3) is 0.0714. The van der Waals surface area contributed by atoms with E-state index in [4.69, 9.17) is 4.74 Å². The van der Waals surface area contributed by atoms with Crippen LogP contribution in [0.25, 0.3) is 0 Å². The second kappa shape index (κ2) is 6.65. The fourth-order valence-corrected chi connectivity index (χ4v) is 1.49. The molecule has 7 heteroatoms. The van der Waals surface area contributed by atoms with Gasteiger partial charge in [-0.25, -0.2) is 18.0 Å². The number of hydrogen-bond acceptors (Lipinski definition) is 2. The minimum Gasteiger partial charge on any atom is -0.473 e. The van der Waals surface area contributed by atoms with Gasteiger partial charge in [-0.3, -0.25) is 0 Å². The molecule has 2 amide bonds. The number of carbonyl (C=O) groups excluding carboxylic acids is 1. The summed E-state index contributed by atoms with van der Waals surface area (Å²) in [4.78, 5) is 11.5. The van der Waals surface area contributed by atoms with E-state index in [-0.39, 0.29) is 6.73 Å². The van der Waals surface area contributed by atoms with Crippen LogP contribution in [0.1, 0.15) is 0 Å². The minimum absolute atomic E-state index is 0.166. The predicted molar refractivity (Wildman–Crippen MR) is 70.4 cm³/mol. The maximum absolute atomic E-state index is 13.3. The molecular formula is C14H11F3N2O2. The molecule has 0 aromatic heterocycles. The first kappa shape index (κ1) is 14.7. The largest absolute Gasteiger partial charge is 0.473 e. The van der Waals surface area contributed by atoms with Crippen molar-refractivity contribution in [2.75, 3.05) is 12.0 Å². The Balaban J connectivity index is 1.86. The van der Waals surface area contributed by atoms with Crippen molar-refractivity contribution in [3.8, 4) is 5.75 Å². The number of rotatable bonds is 4. The van der Waals surface area contributed by atoms with Crippen molar-refractivity contribution in [2.45, 2.75) is 0 Å². The summed E-state index contributed by atoms with van der Waals surface area (Å²) >= 11 is 0. The van der Waals surface area contributed by atoms with E-state index in [9.17, 15) is 18.0 Å². The van der Waals surface area contributed by atoms with E-state index in [2.05, 4.69) is 10.6 Å². The third-order valence-corrected chi connectivity index (χ3v) is 2.50. The number of amides is 2. The number of nitrogens with one attached hydrogen (secondary N) is 2. The normalized spacial score (nSPS) is 10.0. The van der Waals surface area contributed by atoms with E-state index >= 15 is 0 Å². The molecule has 2 rings (SSSR count). The first-order chi connectivity index (χ1) is 10.1. The van der Waals surface area contributed by atoms with Crippen molar-refractivity contribution in [3.05, 3.63) is 59.9 Å². The van der Waals surface area contributed by atoms with E-state index in [1.165, 1.54) is 0 Å². The van der Waals surface area contributed by atoms with Crippen molar-refractivity contribution in [1.29, 1.82) is 0 Å². The Labute approximate surface area is 118 Å². The second-order valence-corrected chi connectivity index (χ2v) is 3.96. The van der Waals surface area contributed by atoms with Crippen LogP contribution in [0.3, 0.4) is 0 Å². The molecular weight excluding hydrogens is 285 g/mol. The molecule has 0 heterocycles. The van der Waals surface area contributed by atoms with E-state index < -0.39 is 29.2 Å². The maximum Gasteiger partial charge on any atom is 0.321 e. The highest BCUT2D eigenvalue weighted by Crippen LogP contribution is 2.19. The molecule has 0 aliphatic carbocycles. The Morgan fingerprint density at radius 1 is 1.00 bits per heavy atom. The van der Waals surface area contributed by atoms with Crippen LogP contribution in [0.15, 0.2) is 42.5 Å². The standard InChI is InChI=1S/C14H11F3N2O2/c15-10-6-7-11(13(17)12(10)16)19-14(20)18-8-21-9-4-2-1-3-5-9/h1-7H,8H2,(H2,18,19,20). The van der Waals surface area contributed by atoms with Crippen molar-refractivity contribution in [3.63, 3.8) is 0 Å². The van der Waals surface area contributed by atoms with Gasteiger partial charge in [0.05, 0.1) is 5.69 Å². The van der Waals surface area contributed by atoms with Gasteiger partial charge in [0.25, 0.3) is 0 Å². The molecule has 0 fully saturated rings. The minimum atomic E-state index is -1.65. The summed E-state index contributed by atoms with van der Waals surface area (Å²) in [7, 11) is 0. The van der Waals surface area contributed by atoms with Gasteiger partial charge in [0.2, 0.25) is 0 Å². The summed E-state index contributed by atoms with van der Waals surface area (Å²) in [5, 5.41) is 4.34. The quantitative estimate of drug-likeness (QED) is 0.672. The number of carbonyl (C=O) groups is 1. The molecule has 0 saturated carbocycles. The Bertz CT molecular complexity index is 636. The topological polar surface area (TPSA) is 50.4 Å². The molecule has 21 heavy (non-hydrogen) atoms. The smallest absolute Gasteiger partial charge is 0.321 e. The summed E-state index contributed by atoms with van der Waals surface area (Å²) in [6.45, 7) is -0.166. The number of ether oxygens (including phenoxy) is 1. The summed E-state index contributed by atoms with van der Waals surface area (Å²) in [6.07, 6.45) is 0. The lowest BCUT2D eigenvalue weighted by Gasteiger charge is -2.10. The Morgan fingerprint density at radius 2 is 1.71 bits per heavy atom. The average molecular weight is 296 g/mol. The van der Waals surface area contributed by atoms with E-state index in [1.54, 1.807) is 30.3 Å². The van der Waals surface area contributed by atoms with E-state index in [0.29, 0.717) is 11.8 Å². The van der Waals surface area contributed by atoms with Gasteiger partial charge < -0.3 is 15.4 Å². The molecule has 0 aliphatic rings. The zero-order valence-electron chi connectivity index (χ0n) is 10.7. The molecule has 0 spiro atoms. The SMILES string of the molecule is O=C(NCOc1ccccc1)Nc1ccc(F)c(F)c1F. The number of para-hydroxylation sites is 1. The Morgan fingerprint density at radius 3 is 2.43 bits per heavy atom. The molecule has 2 aromatic carbocycles. The molecule has 0 atom stereocenters. The van der Waals surface area contributed by atoms with Gasteiger partial charge in [0.15, 0.2) is 24.2 Å². The molecule has 110 valence electrons. The number of urea groups is 1. The Hall–Kier alpha value is -2.70. The third kappa shape index (κ3) is 3.88. The van der Waals surface area contributed by atoms with Crippen LogP contribution in [0.4, 0.5) is 23.7 Å². The highest BCUT2D eigenvalue weighted by Gasteiger charge is 2.14. The lowest BCUT2D eigenvalue weighted by Crippen LogP contribution is -2.32. The molecule has 0 saturated heterocycles. The molecule has 2 aromatic rings. The van der Waals surface area contributed by atoms with Gasteiger partial charge in [-0.2, -0.15) is 0 Å². The number of benzene rings is 2. The van der Waals surface area contributed by atoms with Gasteiger partial charge in [-0.15, -0.1) is 0 Å². The molecule has 0 bridgehead atoms. The molecule has 4 nitrogen and oxygen atoms in total. The van der Waals surface area contributed by atoms with Crippen LogP contribution in [0, 0.1) is 17.5 Å². The molecule has 0 radical (unpaired) electrons. The summed E-state index contributed by atoms with van der Waals surface area (Å²) < 4.78 is 44.2. The van der Waals surface area contributed by atoms with Crippen molar-refractivity contribution >= 4 is 11.7 Å². The van der Waals surface area contributed by atoms with Crippen LogP contribution >= 0.6 is 0 Å². The lowest BCUT2D eigenvalue weighted by molar-refractivity contribution is 0.234. The third-order valence-electron chi connectivity index (χ3n) is 2.50. The van der Waals surface area contributed by atoms with Crippen LogP contribution in [-0.4, -0.2) is 12.8 Å². The summed E-state index contributed by atoms with van der Waals surface area (Å²) in [6, 6.07) is 9.52. The zero-order chi connectivity index (χ0) is 15.2. The predicted octanol–water partition coefficient (Wildman–Crippen LogP) is 3.26. The second-order valence-electron chi connectivity index (χ2n) is 3.96. The molecule has 0 aliphatic heterocycles. The van der Waals surface area contributed by atoms with Gasteiger partial charge in [-0.1, -0.05) is 18.2 Å². The fourth-order valence-electron chi connectivity index (χ4n) is 1.49. The number of anilines is 1. The average Bonchev–Trinajstić information content (AvgIpc) is 2.49. The van der Waals surface area contributed by atoms with Crippen LogP contribution in [0.2, 0.25) is 0 Å². The first-order valence-electron chi connectivity index (χ1n) is 5.94. The number of hydrogen-bond donors (Lipinski definition) is 2. The molecule has 2 N–H and O–H groups in total. The van der Waals surface area contributed by atoms with Crippen LogP contribution in [-0.2, 0) is 0 Å². The van der Waals surface area contributed by atoms with Crippen molar-refractivity contribution in [2.24, 2.45) is 0 Å². The first-order valence-corrected chi connectivity index (χ1v) is 5.94. The highest BCUT2D eigenvalue weighted by atomic mass is 19.2. The van der Waals surface area contributed by atoms with Gasteiger partial charge in [-0.05, 0) is 24.3 Å². The monoisotopic (exact) mass is 296 g/mol. The van der Waals surface area contributed by atoms with Crippen molar-refractivity contribution < 1.29 is 22.7 Å². The maximum atomic E-state index is 13.3. The van der Waals surface area contributed by atoms with Gasteiger partial charge >= 0.3 is 6.03 Å². The van der Waals surface area contributed by atoms with E-state index in [0.717, 1.165) is 6.07 Å². The number of halogens is 3. The summed E-state index contributed by atoms with van der Waals surface area (Å²) in [5.74, 6) is -3.90.